The van der Waals surface area contributed by atoms with Crippen molar-refractivity contribution >= 4 is 5.91 Å². The average molecular weight is 263 g/mol. The lowest BCUT2D eigenvalue weighted by molar-refractivity contribution is -0.125. The number of carbonyl (C=O) groups is 1. The molecule has 0 aliphatic carbocycles. The standard InChI is InChI=1S/C17H29NO/c1-6-9-17(19)18(13-7-2)14-12-16(5)11-8-10-15(3)4/h6,9-10,12H,7-8,11,13-14H2,1-5H3/b9-6+,16-12+. The van der Waals surface area contributed by atoms with Crippen molar-refractivity contribution in [3.05, 3.63) is 35.5 Å². The van der Waals surface area contributed by atoms with Gasteiger partial charge in [-0.15, -0.1) is 0 Å². The zero-order chi connectivity index (χ0) is 14.7. The normalized spacial score (nSPS) is 11.7. The third kappa shape index (κ3) is 9.29. The maximum absolute atomic E-state index is 11.8. The molecule has 19 heavy (non-hydrogen) atoms. The number of nitrogens with zero attached hydrogens (tertiary/aromatic N) is 1. The van der Waals surface area contributed by atoms with E-state index in [1.807, 2.05) is 11.8 Å². The Kier molecular flexibility index (Phi) is 9.87. The molecular weight excluding hydrogens is 234 g/mol. The van der Waals surface area contributed by atoms with Crippen molar-refractivity contribution in [3.63, 3.8) is 0 Å². The van der Waals surface area contributed by atoms with Crippen LogP contribution in [0.25, 0.3) is 0 Å². The highest BCUT2D eigenvalue weighted by atomic mass is 16.2. The monoisotopic (exact) mass is 263 g/mol. The molecule has 0 N–H and O–H groups in total. The molecule has 0 saturated carbocycles. The van der Waals surface area contributed by atoms with Crippen LogP contribution in [0, 0.1) is 0 Å². The lowest BCUT2D eigenvalue weighted by atomic mass is 10.1. The Morgan fingerprint density at radius 3 is 2.37 bits per heavy atom. The van der Waals surface area contributed by atoms with Crippen molar-refractivity contribution in [2.45, 2.75) is 53.9 Å². The first-order valence-corrected chi connectivity index (χ1v) is 7.21. The fourth-order valence-corrected chi connectivity index (χ4v) is 1.77. The Balaban J connectivity index is 4.35. The number of rotatable bonds is 8. The van der Waals surface area contributed by atoms with Crippen molar-refractivity contribution in [1.29, 1.82) is 0 Å². The summed E-state index contributed by atoms with van der Waals surface area (Å²) in [5.41, 5.74) is 2.72. The van der Waals surface area contributed by atoms with Crippen LogP contribution in [0.1, 0.15) is 53.9 Å². The van der Waals surface area contributed by atoms with E-state index in [0.29, 0.717) is 0 Å². The fourth-order valence-electron chi connectivity index (χ4n) is 1.77. The van der Waals surface area contributed by atoms with Crippen LogP contribution in [-0.4, -0.2) is 23.9 Å². The average Bonchev–Trinajstić information content (AvgIpc) is 2.34. The first-order chi connectivity index (χ1) is 9.01. The summed E-state index contributed by atoms with van der Waals surface area (Å²) < 4.78 is 0. The quantitative estimate of drug-likeness (QED) is 0.466. The van der Waals surface area contributed by atoms with E-state index in [9.17, 15) is 4.79 Å². The molecule has 0 atom stereocenters. The largest absolute Gasteiger partial charge is 0.335 e. The Morgan fingerprint density at radius 2 is 1.84 bits per heavy atom. The van der Waals surface area contributed by atoms with Crippen LogP contribution < -0.4 is 0 Å². The summed E-state index contributed by atoms with van der Waals surface area (Å²) in [6.45, 7) is 11.9. The van der Waals surface area contributed by atoms with Gasteiger partial charge in [0.15, 0.2) is 0 Å². The smallest absolute Gasteiger partial charge is 0.246 e. The second-order valence-corrected chi connectivity index (χ2v) is 5.15. The van der Waals surface area contributed by atoms with Crippen molar-refractivity contribution in [3.8, 4) is 0 Å². The van der Waals surface area contributed by atoms with Crippen LogP contribution in [0.2, 0.25) is 0 Å². The zero-order valence-corrected chi connectivity index (χ0v) is 13.2. The highest BCUT2D eigenvalue weighted by molar-refractivity contribution is 5.87. The van der Waals surface area contributed by atoms with E-state index >= 15 is 0 Å². The van der Waals surface area contributed by atoms with Gasteiger partial charge < -0.3 is 4.90 Å². The second kappa shape index (κ2) is 10.6. The highest BCUT2D eigenvalue weighted by Gasteiger charge is 2.07. The van der Waals surface area contributed by atoms with Crippen molar-refractivity contribution in [2.75, 3.05) is 13.1 Å². The van der Waals surface area contributed by atoms with Gasteiger partial charge in [-0.05, 0) is 53.0 Å². The third-order valence-corrected chi connectivity index (χ3v) is 2.87. The Morgan fingerprint density at radius 1 is 1.16 bits per heavy atom. The molecule has 0 aromatic rings. The number of allylic oxidation sites excluding steroid dienone is 4. The van der Waals surface area contributed by atoms with E-state index in [-0.39, 0.29) is 5.91 Å². The van der Waals surface area contributed by atoms with E-state index in [1.165, 1.54) is 11.1 Å². The molecular formula is C17H29NO. The van der Waals surface area contributed by atoms with Gasteiger partial charge in [0.25, 0.3) is 0 Å². The number of hydrogen-bond acceptors (Lipinski definition) is 1. The van der Waals surface area contributed by atoms with E-state index in [4.69, 9.17) is 0 Å². The maximum atomic E-state index is 11.8. The van der Waals surface area contributed by atoms with E-state index < -0.39 is 0 Å². The molecule has 0 saturated heterocycles. The summed E-state index contributed by atoms with van der Waals surface area (Å²) in [7, 11) is 0. The van der Waals surface area contributed by atoms with Gasteiger partial charge in [-0.1, -0.05) is 36.3 Å². The summed E-state index contributed by atoms with van der Waals surface area (Å²) in [6, 6.07) is 0. The molecule has 0 bridgehead atoms. The lowest BCUT2D eigenvalue weighted by Crippen LogP contribution is -2.30. The number of amides is 1. The molecule has 0 radical (unpaired) electrons. The van der Waals surface area contributed by atoms with Gasteiger partial charge in [-0.2, -0.15) is 0 Å². The summed E-state index contributed by atoms with van der Waals surface area (Å²) >= 11 is 0. The maximum Gasteiger partial charge on any atom is 0.246 e. The second-order valence-electron chi connectivity index (χ2n) is 5.15. The van der Waals surface area contributed by atoms with Crippen LogP contribution in [0.4, 0.5) is 0 Å². The molecule has 108 valence electrons. The predicted octanol–water partition coefficient (Wildman–Crippen LogP) is 4.49. The molecule has 0 aliphatic heterocycles. The van der Waals surface area contributed by atoms with E-state index in [1.54, 1.807) is 12.2 Å². The predicted molar refractivity (Wildman–Crippen MR) is 84.1 cm³/mol. The first-order valence-electron chi connectivity index (χ1n) is 7.21. The van der Waals surface area contributed by atoms with Crippen molar-refractivity contribution < 1.29 is 4.79 Å². The first kappa shape index (κ1) is 17.7. The SMILES string of the molecule is C/C=C/C(=O)N(C/C=C(\C)CCC=C(C)C)CCC. The molecule has 0 aliphatic rings. The molecule has 0 spiro atoms. The van der Waals surface area contributed by atoms with E-state index in [2.05, 4.69) is 39.8 Å². The molecule has 0 aromatic heterocycles. The third-order valence-electron chi connectivity index (χ3n) is 2.87. The number of carbonyl (C=O) groups excluding carboxylic acids is 1. The van der Waals surface area contributed by atoms with Crippen molar-refractivity contribution in [2.24, 2.45) is 0 Å². The summed E-state index contributed by atoms with van der Waals surface area (Å²) in [5, 5.41) is 0. The van der Waals surface area contributed by atoms with Gasteiger partial charge in [0, 0.05) is 13.1 Å². The van der Waals surface area contributed by atoms with Crippen LogP contribution in [0.3, 0.4) is 0 Å². The highest BCUT2D eigenvalue weighted by Crippen LogP contribution is 2.07. The number of hydrogen-bond donors (Lipinski definition) is 0. The molecule has 0 heterocycles. The van der Waals surface area contributed by atoms with Crippen LogP contribution in [0.15, 0.2) is 35.5 Å². The zero-order valence-electron chi connectivity index (χ0n) is 13.2. The molecule has 0 aromatic carbocycles. The molecule has 1 amide bonds. The summed E-state index contributed by atoms with van der Waals surface area (Å²) in [5.74, 6) is 0.109. The lowest BCUT2D eigenvalue weighted by Gasteiger charge is -2.19. The minimum absolute atomic E-state index is 0.109. The van der Waals surface area contributed by atoms with Gasteiger partial charge in [0.1, 0.15) is 0 Å². The fraction of sp³-hybridized carbons (Fsp3) is 0.588. The Bertz CT molecular complexity index is 346. The minimum atomic E-state index is 0.109. The summed E-state index contributed by atoms with van der Waals surface area (Å²) in [4.78, 5) is 13.7. The van der Waals surface area contributed by atoms with Crippen LogP contribution in [-0.2, 0) is 4.79 Å². The van der Waals surface area contributed by atoms with Gasteiger partial charge in [-0.3, -0.25) is 4.79 Å². The van der Waals surface area contributed by atoms with Gasteiger partial charge in [-0.25, -0.2) is 0 Å². The minimum Gasteiger partial charge on any atom is -0.335 e. The summed E-state index contributed by atoms with van der Waals surface area (Å²) in [6.07, 6.45) is 11.0. The molecule has 0 rings (SSSR count). The molecule has 2 nitrogen and oxygen atoms in total. The Labute approximate surface area is 118 Å². The molecule has 2 heteroatoms. The molecule has 0 fully saturated rings. The van der Waals surface area contributed by atoms with Gasteiger partial charge >= 0.3 is 0 Å². The molecule has 0 unspecified atom stereocenters. The topological polar surface area (TPSA) is 20.3 Å². The van der Waals surface area contributed by atoms with Crippen LogP contribution in [0.5, 0.6) is 0 Å². The van der Waals surface area contributed by atoms with Crippen molar-refractivity contribution in [1.82, 2.24) is 4.90 Å². The van der Waals surface area contributed by atoms with Crippen LogP contribution >= 0.6 is 0 Å². The van der Waals surface area contributed by atoms with Gasteiger partial charge in [0.05, 0.1) is 0 Å². The van der Waals surface area contributed by atoms with E-state index in [0.717, 1.165) is 32.4 Å². The Hall–Kier alpha value is -1.31. The van der Waals surface area contributed by atoms with Gasteiger partial charge in [0.2, 0.25) is 5.91 Å².